The number of alkyl halides is 2. The van der Waals surface area contributed by atoms with E-state index >= 15 is 0 Å². The average molecular weight is 433 g/mol. The van der Waals surface area contributed by atoms with Crippen LogP contribution in [0, 0.1) is 23.2 Å². The van der Waals surface area contributed by atoms with Crippen LogP contribution >= 0.6 is 12.0 Å². The van der Waals surface area contributed by atoms with Gasteiger partial charge in [-0.15, -0.1) is 0 Å². The lowest BCUT2D eigenvalue weighted by Gasteiger charge is -2.61. The second kappa shape index (κ2) is 7.96. The van der Waals surface area contributed by atoms with Crippen molar-refractivity contribution >= 4 is 24.0 Å². The molecule has 164 valence electrons. The number of hydrogen-bond acceptors (Lipinski definition) is 7. The van der Waals surface area contributed by atoms with Gasteiger partial charge in [-0.2, -0.15) is 8.78 Å². The molecule has 2 atom stereocenters. The first-order chi connectivity index (χ1) is 13.7. The van der Waals surface area contributed by atoms with Gasteiger partial charge in [-0.25, -0.2) is 4.79 Å². The molecule has 0 aromatic rings. The number of carbonyl (C=O) groups is 2. The van der Waals surface area contributed by atoms with Crippen molar-refractivity contribution in [3.05, 3.63) is 0 Å². The third-order valence-corrected chi connectivity index (χ3v) is 7.71. The smallest absolute Gasteiger partial charge is 0.412 e. The van der Waals surface area contributed by atoms with Gasteiger partial charge >= 0.3 is 17.2 Å². The maximum atomic E-state index is 13.5. The summed E-state index contributed by atoms with van der Waals surface area (Å²) in [6.07, 6.45) is 9.82. The van der Waals surface area contributed by atoms with Crippen molar-refractivity contribution in [1.82, 2.24) is 0 Å². The molecule has 6 nitrogen and oxygen atoms in total. The maximum absolute atomic E-state index is 13.5. The number of esters is 2. The zero-order valence-electron chi connectivity index (χ0n) is 16.3. The van der Waals surface area contributed by atoms with Crippen LogP contribution in [0.3, 0.4) is 0 Å². The Labute approximate surface area is 173 Å². The SMILES string of the molecule is O=C(OC12CC3CC(CC(COC(=O)C(F)(F)SO[O-])(C3)C1)C2)C1CCCCC1. The Morgan fingerprint density at radius 1 is 1.07 bits per heavy atom. The largest absolute Gasteiger partial charge is 0.710 e. The molecule has 0 aromatic carbocycles. The lowest BCUT2D eigenvalue weighted by atomic mass is 9.48. The minimum Gasteiger partial charge on any atom is -0.710 e. The molecule has 0 amide bonds. The van der Waals surface area contributed by atoms with E-state index in [4.69, 9.17) is 9.47 Å². The van der Waals surface area contributed by atoms with Crippen LogP contribution in [-0.4, -0.2) is 29.4 Å². The number of carbonyl (C=O) groups excluding carboxylic acids is 2. The molecule has 5 fully saturated rings. The van der Waals surface area contributed by atoms with E-state index in [2.05, 4.69) is 4.33 Å². The van der Waals surface area contributed by atoms with Crippen molar-refractivity contribution < 1.29 is 37.4 Å². The molecular formula is C20H27F2O6S-. The van der Waals surface area contributed by atoms with Crippen LogP contribution in [0.4, 0.5) is 8.78 Å². The van der Waals surface area contributed by atoms with Crippen LogP contribution in [0.1, 0.15) is 70.6 Å². The summed E-state index contributed by atoms with van der Waals surface area (Å²) >= 11 is -0.751. The predicted molar refractivity (Wildman–Crippen MR) is 97.1 cm³/mol. The molecule has 2 unspecified atom stereocenters. The molecule has 0 radical (unpaired) electrons. The van der Waals surface area contributed by atoms with Gasteiger partial charge in [-0.1, -0.05) is 19.3 Å². The zero-order valence-corrected chi connectivity index (χ0v) is 17.1. The Bertz CT molecular complexity index is 637. The summed E-state index contributed by atoms with van der Waals surface area (Å²) in [6, 6.07) is 0. The summed E-state index contributed by atoms with van der Waals surface area (Å²) in [7, 11) is 0. The highest BCUT2D eigenvalue weighted by Gasteiger charge is 2.60. The summed E-state index contributed by atoms with van der Waals surface area (Å²) < 4.78 is 41.2. The molecule has 0 aromatic heterocycles. The molecule has 0 saturated heterocycles. The van der Waals surface area contributed by atoms with E-state index in [0.717, 1.165) is 64.2 Å². The van der Waals surface area contributed by atoms with E-state index in [1.807, 2.05) is 0 Å². The molecule has 5 rings (SSSR count). The fourth-order valence-corrected chi connectivity index (χ4v) is 6.88. The number of ether oxygens (including phenoxy) is 2. The molecule has 5 saturated carbocycles. The standard InChI is InChI=1S/C20H28F2O6S/c21-20(22,29-28-25)17(24)26-12-18-7-13-6-14(8-18)10-19(9-13,11-18)27-16(23)15-4-2-1-3-5-15/h13-15,25H,1-12H2/p-1. The van der Waals surface area contributed by atoms with E-state index in [9.17, 15) is 23.6 Å². The van der Waals surface area contributed by atoms with Gasteiger partial charge in [-0.05, 0) is 63.2 Å². The Balaban J connectivity index is 1.43. The van der Waals surface area contributed by atoms with Gasteiger partial charge in [0, 0.05) is 5.41 Å². The van der Waals surface area contributed by atoms with Gasteiger partial charge in [0.15, 0.2) is 0 Å². The number of rotatable bonds is 7. The Morgan fingerprint density at radius 3 is 2.34 bits per heavy atom. The Morgan fingerprint density at radius 2 is 1.72 bits per heavy atom. The van der Waals surface area contributed by atoms with Crippen molar-refractivity contribution in [2.75, 3.05) is 6.61 Å². The summed E-state index contributed by atoms with van der Waals surface area (Å²) in [6.45, 7) is -0.142. The van der Waals surface area contributed by atoms with Crippen molar-refractivity contribution in [3.8, 4) is 0 Å². The summed E-state index contributed by atoms with van der Waals surface area (Å²) in [5.41, 5.74) is -0.994. The van der Waals surface area contributed by atoms with Crippen LogP contribution in [0.25, 0.3) is 0 Å². The lowest BCUT2D eigenvalue weighted by molar-refractivity contribution is -0.630. The lowest BCUT2D eigenvalue weighted by Crippen LogP contribution is -2.59. The minimum absolute atomic E-state index is 0.0339. The topological polar surface area (TPSA) is 84.9 Å². The van der Waals surface area contributed by atoms with Crippen LogP contribution < -0.4 is 5.26 Å². The molecular weight excluding hydrogens is 406 g/mol. The molecule has 0 N–H and O–H groups in total. The molecule has 5 aliphatic rings. The Kier molecular flexibility index (Phi) is 5.85. The third kappa shape index (κ3) is 4.42. The Hall–Kier alpha value is -0.930. The quantitative estimate of drug-likeness (QED) is 0.263. The predicted octanol–water partition coefficient (Wildman–Crippen LogP) is 3.53. The molecule has 0 heterocycles. The maximum Gasteiger partial charge on any atom is 0.412 e. The summed E-state index contributed by atoms with van der Waals surface area (Å²) in [4.78, 5) is 24.5. The van der Waals surface area contributed by atoms with Crippen LogP contribution in [0.2, 0.25) is 0 Å². The second-order valence-corrected chi connectivity index (χ2v) is 10.5. The van der Waals surface area contributed by atoms with Crippen molar-refractivity contribution in [1.29, 1.82) is 0 Å². The molecule has 5 aliphatic carbocycles. The zero-order chi connectivity index (χ0) is 20.7. The number of halogens is 2. The summed E-state index contributed by atoms with van der Waals surface area (Å²) in [5.74, 6) is -1.20. The van der Waals surface area contributed by atoms with Crippen LogP contribution in [0.5, 0.6) is 0 Å². The molecule has 0 spiro atoms. The highest BCUT2D eigenvalue weighted by Crippen LogP contribution is 2.63. The van der Waals surface area contributed by atoms with Gasteiger partial charge in [0.05, 0.1) is 24.6 Å². The molecule has 29 heavy (non-hydrogen) atoms. The van der Waals surface area contributed by atoms with Gasteiger partial charge < -0.3 is 19.1 Å². The number of hydrogen-bond donors (Lipinski definition) is 0. The van der Waals surface area contributed by atoms with Gasteiger partial charge in [0.1, 0.15) is 5.60 Å². The van der Waals surface area contributed by atoms with Gasteiger partial charge in [-0.3, -0.25) is 4.79 Å². The average Bonchev–Trinajstić information content (AvgIpc) is 2.65. The van der Waals surface area contributed by atoms with Crippen LogP contribution in [0.15, 0.2) is 0 Å². The van der Waals surface area contributed by atoms with E-state index < -0.39 is 34.3 Å². The fraction of sp³-hybridized carbons (Fsp3) is 0.900. The van der Waals surface area contributed by atoms with Crippen molar-refractivity contribution in [2.45, 2.75) is 81.5 Å². The highest BCUT2D eigenvalue weighted by molar-refractivity contribution is 7.96. The highest BCUT2D eigenvalue weighted by atomic mass is 32.2. The van der Waals surface area contributed by atoms with Crippen molar-refractivity contribution in [2.24, 2.45) is 23.2 Å². The molecule has 0 aliphatic heterocycles. The molecule has 9 heteroatoms. The first-order valence-electron chi connectivity index (χ1n) is 10.5. The van der Waals surface area contributed by atoms with E-state index in [1.54, 1.807) is 0 Å². The summed E-state index contributed by atoms with van der Waals surface area (Å²) in [5, 5.41) is 5.95. The minimum atomic E-state index is -4.03. The second-order valence-electron chi connectivity index (χ2n) is 9.64. The van der Waals surface area contributed by atoms with E-state index in [1.165, 1.54) is 0 Å². The first-order valence-corrected chi connectivity index (χ1v) is 11.2. The van der Waals surface area contributed by atoms with E-state index in [0.29, 0.717) is 18.3 Å². The van der Waals surface area contributed by atoms with Crippen molar-refractivity contribution in [3.63, 3.8) is 0 Å². The molecule has 4 bridgehead atoms. The normalized spacial score (nSPS) is 36.8. The van der Waals surface area contributed by atoms with Crippen LogP contribution in [-0.2, 0) is 23.4 Å². The first kappa shape index (κ1) is 21.3. The van der Waals surface area contributed by atoms with E-state index in [-0.39, 0.29) is 18.5 Å². The van der Waals surface area contributed by atoms with Gasteiger partial charge in [0.25, 0.3) is 0 Å². The van der Waals surface area contributed by atoms with Gasteiger partial charge in [0.2, 0.25) is 0 Å². The monoisotopic (exact) mass is 433 g/mol. The fourth-order valence-electron chi connectivity index (χ4n) is 6.67. The third-order valence-electron chi connectivity index (χ3n) is 7.27.